The Hall–Kier alpha value is -2.29. The molecule has 0 unspecified atom stereocenters. The molecule has 8 nitrogen and oxygen atoms in total. The number of nitrogens with one attached hydrogen (secondary N) is 1. The predicted molar refractivity (Wildman–Crippen MR) is 52.1 cm³/mol. The fraction of sp³-hybridized carbons (Fsp3) is 0.250. The number of carboxylic acids is 1. The van der Waals surface area contributed by atoms with E-state index in [0.29, 0.717) is 6.20 Å². The van der Waals surface area contributed by atoms with Crippen molar-refractivity contribution in [3.05, 3.63) is 32.9 Å². The minimum atomic E-state index is -1.51. The summed E-state index contributed by atoms with van der Waals surface area (Å²) in [6, 6.07) is -1.51. The number of nitrogens with zero attached hydrogens (tertiary/aromatic N) is 1. The van der Waals surface area contributed by atoms with Gasteiger partial charge in [0.05, 0.1) is 12.6 Å². The van der Waals surface area contributed by atoms with Gasteiger partial charge in [-0.1, -0.05) is 0 Å². The van der Waals surface area contributed by atoms with Gasteiger partial charge in [-0.2, -0.15) is 4.39 Å². The lowest BCUT2D eigenvalue weighted by molar-refractivity contribution is -0.138. The number of carboxylic acid groups (broad SMARTS) is 1. The summed E-state index contributed by atoms with van der Waals surface area (Å²) in [7, 11) is 0. The van der Waals surface area contributed by atoms with Crippen LogP contribution in [-0.4, -0.2) is 32.6 Å². The van der Waals surface area contributed by atoms with E-state index in [-0.39, 0.29) is 4.57 Å². The van der Waals surface area contributed by atoms with Gasteiger partial charge in [0, 0.05) is 0 Å². The van der Waals surface area contributed by atoms with Crippen molar-refractivity contribution < 1.29 is 19.1 Å². The lowest BCUT2D eigenvalue weighted by Gasteiger charge is -2.06. The molecule has 0 saturated heterocycles. The van der Waals surface area contributed by atoms with Crippen LogP contribution in [0.1, 0.15) is 11.2 Å². The summed E-state index contributed by atoms with van der Waals surface area (Å²) >= 11 is 0. The lowest BCUT2D eigenvalue weighted by Crippen LogP contribution is -2.39. The zero-order valence-electron chi connectivity index (χ0n) is 8.34. The molecule has 1 aromatic heterocycles. The largest absolute Gasteiger partial charge is 0.480 e. The molecule has 92 valence electrons. The smallest absolute Gasteiger partial charge is 0.335 e. The molecule has 0 bridgehead atoms. The average molecular weight is 245 g/mol. The standard InChI is InChI=1S/C8H8FN3O5/c9-3-2-12(8(17)11-6(3)14)5(13)1-4(10)7(15)16/h2,4H,1,10H2,(H,15,16)(H,11,14,17)/t4-/m0/s1. The van der Waals surface area contributed by atoms with Crippen LogP contribution < -0.4 is 17.0 Å². The van der Waals surface area contributed by atoms with Crippen molar-refractivity contribution in [2.45, 2.75) is 12.5 Å². The van der Waals surface area contributed by atoms with Crippen LogP contribution >= 0.6 is 0 Å². The molecule has 0 saturated carbocycles. The number of aliphatic carboxylic acids is 1. The first-order chi connectivity index (χ1) is 7.82. The Morgan fingerprint density at radius 3 is 2.65 bits per heavy atom. The van der Waals surface area contributed by atoms with Gasteiger partial charge in [-0.3, -0.25) is 19.4 Å². The number of aromatic amines is 1. The molecule has 1 heterocycles. The monoisotopic (exact) mass is 245 g/mol. The second kappa shape index (κ2) is 4.70. The number of hydrogen-bond acceptors (Lipinski definition) is 5. The van der Waals surface area contributed by atoms with Gasteiger partial charge in [0.2, 0.25) is 11.7 Å². The van der Waals surface area contributed by atoms with E-state index in [1.54, 1.807) is 4.98 Å². The normalized spacial score (nSPS) is 12.1. The van der Waals surface area contributed by atoms with E-state index in [9.17, 15) is 23.6 Å². The van der Waals surface area contributed by atoms with Gasteiger partial charge < -0.3 is 10.8 Å². The molecule has 9 heteroatoms. The second-order valence-electron chi connectivity index (χ2n) is 3.15. The Labute approximate surface area is 92.5 Å². The summed E-state index contributed by atoms with van der Waals surface area (Å²) in [4.78, 5) is 45.1. The Bertz CT molecular complexity index is 575. The van der Waals surface area contributed by atoms with E-state index >= 15 is 0 Å². The van der Waals surface area contributed by atoms with Crippen molar-refractivity contribution in [2.24, 2.45) is 5.73 Å². The molecule has 17 heavy (non-hydrogen) atoms. The molecule has 1 atom stereocenters. The van der Waals surface area contributed by atoms with Crippen LogP contribution in [0.25, 0.3) is 0 Å². The Morgan fingerprint density at radius 2 is 2.12 bits per heavy atom. The SMILES string of the molecule is N[C@@H](CC(=O)n1cc(F)c(=O)[nH]c1=O)C(=O)O. The van der Waals surface area contributed by atoms with Crippen LogP contribution in [0.5, 0.6) is 0 Å². The van der Waals surface area contributed by atoms with Crippen molar-refractivity contribution in [3.8, 4) is 0 Å². The first-order valence-electron chi connectivity index (χ1n) is 4.36. The molecule has 0 aromatic carbocycles. The van der Waals surface area contributed by atoms with E-state index in [2.05, 4.69) is 0 Å². The minimum Gasteiger partial charge on any atom is -0.480 e. The maximum absolute atomic E-state index is 12.8. The van der Waals surface area contributed by atoms with E-state index in [1.165, 1.54) is 0 Å². The molecule has 0 aliphatic carbocycles. The number of carbonyl (C=O) groups is 2. The van der Waals surface area contributed by atoms with Gasteiger partial charge in [-0.25, -0.2) is 9.36 Å². The highest BCUT2D eigenvalue weighted by Crippen LogP contribution is 1.93. The molecule has 0 fully saturated rings. The van der Waals surface area contributed by atoms with Gasteiger partial charge in [0.25, 0.3) is 5.56 Å². The van der Waals surface area contributed by atoms with Crippen molar-refractivity contribution in [2.75, 3.05) is 0 Å². The third kappa shape index (κ3) is 2.84. The molecular weight excluding hydrogens is 237 g/mol. The maximum Gasteiger partial charge on any atom is 0.335 e. The van der Waals surface area contributed by atoms with E-state index < -0.39 is 41.4 Å². The van der Waals surface area contributed by atoms with E-state index in [4.69, 9.17) is 10.8 Å². The number of aromatic nitrogens is 2. The summed E-state index contributed by atoms with van der Waals surface area (Å²) in [5.74, 6) is -3.79. The molecule has 0 aliphatic heterocycles. The molecule has 0 radical (unpaired) electrons. The lowest BCUT2D eigenvalue weighted by atomic mass is 10.2. The van der Waals surface area contributed by atoms with Gasteiger partial charge in [-0.15, -0.1) is 0 Å². The molecule has 0 amide bonds. The number of halogens is 1. The number of rotatable bonds is 3. The van der Waals surface area contributed by atoms with Crippen LogP contribution in [0, 0.1) is 5.82 Å². The van der Waals surface area contributed by atoms with E-state index in [0.717, 1.165) is 0 Å². The summed E-state index contributed by atoms with van der Waals surface area (Å²) in [5.41, 5.74) is 2.66. The maximum atomic E-state index is 12.8. The zero-order chi connectivity index (χ0) is 13.2. The van der Waals surface area contributed by atoms with Crippen LogP contribution in [0.2, 0.25) is 0 Å². The van der Waals surface area contributed by atoms with Gasteiger partial charge in [0.1, 0.15) is 6.04 Å². The first kappa shape index (κ1) is 12.8. The van der Waals surface area contributed by atoms with Crippen LogP contribution in [-0.2, 0) is 4.79 Å². The average Bonchev–Trinajstić information content (AvgIpc) is 2.22. The van der Waals surface area contributed by atoms with Crippen molar-refractivity contribution >= 4 is 11.9 Å². The van der Waals surface area contributed by atoms with Crippen LogP contribution in [0.3, 0.4) is 0 Å². The third-order valence-electron chi connectivity index (χ3n) is 1.88. The van der Waals surface area contributed by atoms with Gasteiger partial charge in [-0.05, 0) is 0 Å². The molecule has 1 aromatic rings. The van der Waals surface area contributed by atoms with Crippen molar-refractivity contribution in [3.63, 3.8) is 0 Å². The van der Waals surface area contributed by atoms with E-state index in [1.807, 2.05) is 0 Å². The molecule has 4 N–H and O–H groups in total. The van der Waals surface area contributed by atoms with Crippen molar-refractivity contribution in [1.29, 1.82) is 0 Å². The molecule has 1 rings (SSSR count). The third-order valence-corrected chi connectivity index (χ3v) is 1.88. The highest BCUT2D eigenvalue weighted by Gasteiger charge is 2.19. The zero-order valence-corrected chi connectivity index (χ0v) is 8.34. The fourth-order valence-electron chi connectivity index (χ4n) is 1.01. The van der Waals surface area contributed by atoms with Crippen molar-refractivity contribution in [1.82, 2.24) is 9.55 Å². The Morgan fingerprint density at radius 1 is 1.53 bits per heavy atom. The molecule has 0 spiro atoms. The summed E-state index contributed by atoms with van der Waals surface area (Å²) in [5, 5.41) is 8.45. The molecular formula is C8H8FN3O5. The number of hydrogen-bond donors (Lipinski definition) is 3. The summed E-state index contributed by atoms with van der Waals surface area (Å²) in [6.07, 6.45) is -0.307. The topological polar surface area (TPSA) is 135 Å². The highest BCUT2D eigenvalue weighted by atomic mass is 19.1. The second-order valence-corrected chi connectivity index (χ2v) is 3.15. The number of H-pyrrole nitrogens is 1. The summed E-state index contributed by atoms with van der Waals surface area (Å²) < 4.78 is 13.1. The van der Waals surface area contributed by atoms with Gasteiger partial charge in [0.15, 0.2) is 0 Å². The highest BCUT2D eigenvalue weighted by molar-refractivity contribution is 5.85. The predicted octanol–water partition coefficient (Wildman–Crippen LogP) is -1.88. The van der Waals surface area contributed by atoms with Crippen LogP contribution in [0.4, 0.5) is 4.39 Å². The number of carbonyl (C=O) groups excluding carboxylic acids is 1. The minimum absolute atomic E-state index is 0.263. The van der Waals surface area contributed by atoms with Crippen LogP contribution in [0.15, 0.2) is 15.8 Å². The number of nitrogens with two attached hydrogens (primary N) is 1. The Kier molecular flexibility index (Phi) is 3.53. The Balaban J connectivity index is 3.06. The fourth-order valence-corrected chi connectivity index (χ4v) is 1.01. The summed E-state index contributed by atoms with van der Waals surface area (Å²) in [6.45, 7) is 0. The van der Waals surface area contributed by atoms with Gasteiger partial charge >= 0.3 is 11.7 Å². The molecule has 0 aliphatic rings. The quantitative estimate of drug-likeness (QED) is 0.570. The first-order valence-corrected chi connectivity index (χ1v) is 4.36.